The molecule has 3 heterocycles. The first kappa shape index (κ1) is 10.8. The van der Waals surface area contributed by atoms with Crippen LogP contribution >= 0.6 is 0 Å². The first-order valence-corrected chi connectivity index (χ1v) is 6.54. The minimum atomic E-state index is -0.225. The van der Waals surface area contributed by atoms with E-state index in [4.69, 9.17) is 4.74 Å². The van der Waals surface area contributed by atoms with Crippen LogP contribution in [-0.2, 0) is 16.1 Å². The number of piperazine rings is 1. The predicted molar refractivity (Wildman–Crippen MR) is 67.9 cm³/mol. The molecule has 0 aliphatic carbocycles. The molecule has 4 rings (SSSR count). The average molecular weight is 258 g/mol. The molecule has 0 saturated carbocycles. The van der Waals surface area contributed by atoms with Crippen LogP contribution < -0.4 is 4.90 Å². The number of benzene rings is 1. The zero-order chi connectivity index (χ0) is 13.0. The van der Waals surface area contributed by atoms with Gasteiger partial charge in [-0.25, -0.2) is 4.79 Å². The number of nitrogens with zero attached hydrogens (tertiary/aromatic N) is 2. The minimum Gasteiger partial charge on any atom is -0.457 e. The highest BCUT2D eigenvalue weighted by Crippen LogP contribution is 2.35. The number of rotatable bonds is 2. The van der Waals surface area contributed by atoms with Crippen LogP contribution in [0.3, 0.4) is 0 Å². The van der Waals surface area contributed by atoms with Gasteiger partial charge in [0.2, 0.25) is 6.41 Å². The highest BCUT2D eigenvalue weighted by Gasteiger charge is 2.42. The highest BCUT2D eigenvalue weighted by molar-refractivity contribution is 5.93. The van der Waals surface area contributed by atoms with E-state index in [1.165, 1.54) is 0 Å². The minimum absolute atomic E-state index is 0.225. The Morgan fingerprint density at radius 3 is 2.89 bits per heavy atom. The van der Waals surface area contributed by atoms with E-state index in [1.807, 2.05) is 23.1 Å². The Morgan fingerprint density at radius 1 is 1.26 bits per heavy atom. The molecule has 19 heavy (non-hydrogen) atoms. The first-order chi connectivity index (χ1) is 9.26. The van der Waals surface area contributed by atoms with Gasteiger partial charge in [-0.15, -0.1) is 0 Å². The van der Waals surface area contributed by atoms with Crippen LogP contribution in [0.1, 0.15) is 22.3 Å². The van der Waals surface area contributed by atoms with Crippen LogP contribution in [0.2, 0.25) is 0 Å². The maximum Gasteiger partial charge on any atom is 0.338 e. The topological polar surface area (TPSA) is 49.9 Å². The van der Waals surface area contributed by atoms with E-state index in [0.717, 1.165) is 37.2 Å². The number of amides is 1. The number of anilines is 1. The van der Waals surface area contributed by atoms with Gasteiger partial charge < -0.3 is 14.5 Å². The van der Waals surface area contributed by atoms with E-state index in [2.05, 4.69) is 4.90 Å². The summed E-state index contributed by atoms with van der Waals surface area (Å²) < 4.78 is 5.03. The molecule has 0 N–H and O–H groups in total. The van der Waals surface area contributed by atoms with E-state index in [9.17, 15) is 9.59 Å². The molecule has 0 aromatic heterocycles. The number of likely N-dealkylation sites (tertiary alicyclic amines) is 1. The van der Waals surface area contributed by atoms with Crippen molar-refractivity contribution in [3.05, 3.63) is 29.3 Å². The van der Waals surface area contributed by atoms with Crippen molar-refractivity contribution in [1.29, 1.82) is 0 Å². The van der Waals surface area contributed by atoms with Crippen molar-refractivity contribution in [2.24, 2.45) is 0 Å². The first-order valence-electron chi connectivity index (χ1n) is 6.54. The fourth-order valence-electron chi connectivity index (χ4n) is 3.44. The number of esters is 1. The zero-order valence-electron chi connectivity index (χ0n) is 10.4. The molecule has 2 bridgehead atoms. The molecule has 5 heteroatoms. The van der Waals surface area contributed by atoms with Gasteiger partial charge in [-0.05, 0) is 24.6 Å². The molecule has 0 radical (unpaired) electrons. The Kier molecular flexibility index (Phi) is 2.13. The fraction of sp³-hybridized carbons (Fsp3) is 0.429. The van der Waals surface area contributed by atoms with Crippen LogP contribution in [0.15, 0.2) is 18.2 Å². The smallest absolute Gasteiger partial charge is 0.338 e. The van der Waals surface area contributed by atoms with Gasteiger partial charge in [0.1, 0.15) is 6.61 Å². The van der Waals surface area contributed by atoms with Crippen LogP contribution in [0, 0.1) is 0 Å². The van der Waals surface area contributed by atoms with Crippen molar-refractivity contribution in [3.8, 4) is 0 Å². The van der Waals surface area contributed by atoms with Gasteiger partial charge in [-0.1, -0.05) is 0 Å². The van der Waals surface area contributed by atoms with Crippen molar-refractivity contribution < 1.29 is 14.3 Å². The molecule has 0 spiro atoms. The van der Waals surface area contributed by atoms with E-state index in [1.54, 1.807) is 0 Å². The van der Waals surface area contributed by atoms with E-state index in [0.29, 0.717) is 24.3 Å². The molecule has 3 aliphatic rings. The second-order valence-electron chi connectivity index (χ2n) is 5.42. The number of hydrogen-bond donors (Lipinski definition) is 0. The summed E-state index contributed by atoms with van der Waals surface area (Å²) in [6.07, 6.45) is 2.00. The predicted octanol–water partition coefficient (Wildman–Crippen LogP) is 0.776. The Bertz CT molecular complexity index is 572. The number of cyclic esters (lactones) is 1. The molecule has 2 saturated heterocycles. The summed E-state index contributed by atoms with van der Waals surface area (Å²) in [5.74, 6) is -0.225. The molecular weight excluding hydrogens is 244 g/mol. The third-order valence-corrected chi connectivity index (χ3v) is 4.42. The van der Waals surface area contributed by atoms with Crippen molar-refractivity contribution in [2.75, 3.05) is 18.0 Å². The zero-order valence-corrected chi connectivity index (χ0v) is 10.4. The third kappa shape index (κ3) is 1.47. The second-order valence-corrected chi connectivity index (χ2v) is 5.42. The van der Waals surface area contributed by atoms with Gasteiger partial charge in [0.15, 0.2) is 0 Å². The van der Waals surface area contributed by atoms with Gasteiger partial charge in [0.25, 0.3) is 0 Å². The summed E-state index contributed by atoms with van der Waals surface area (Å²) in [5, 5.41) is 0. The maximum absolute atomic E-state index is 11.4. The van der Waals surface area contributed by atoms with E-state index < -0.39 is 0 Å². The lowest BCUT2D eigenvalue weighted by atomic mass is 10.1. The summed E-state index contributed by atoms with van der Waals surface area (Å²) in [7, 11) is 0. The molecule has 1 amide bonds. The van der Waals surface area contributed by atoms with Crippen molar-refractivity contribution in [2.45, 2.75) is 25.1 Å². The lowest BCUT2D eigenvalue weighted by Gasteiger charge is -2.33. The number of ether oxygens (including phenoxy) is 1. The summed E-state index contributed by atoms with van der Waals surface area (Å²) in [6, 6.07) is 6.63. The van der Waals surface area contributed by atoms with Crippen LogP contribution in [0.25, 0.3) is 0 Å². The monoisotopic (exact) mass is 258 g/mol. The summed E-state index contributed by atoms with van der Waals surface area (Å²) in [5.41, 5.74) is 2.79. The molecule has 2 fully saturated rings. The number of hydrogen-bond acceptors (Lipinski definition) is 4. The van der Waals surface area contributed by atoms with Gasteiger partial charge in [-0.3, -0.25) is 4.79 Å². The van der Waals surface area contributed by atoms with Gasteiger partial charge in [-0.2, -0.15) is 0 Å². The molecule has 5 nitrogen and oxygen atoms in total. The average Bonchev–Trinajstić information content (AvgIpc) is 3.12. The normalized spacial score (nSPS) is 27.7. The third-order valence-electron chi connectivity index (χ3n) is 4.42. The highest BCUT2D eigenvalue weighted by atomic mass is 16.5. The Labute approximate surface area is 110 Å². The molecule has 1 aromatic carbocycles. The molecule has 1 aromatic rings. The Morgan fingerprint density at radius 2 is 2.16 bits per heavy atom. The molecular formula is C14H14N2O3. The molecule has 98 valence electrons. The van der Waals surface area contributed by atoms with Crippen molar-refractivity contribution >= 4 is 18.1 Å². The Hall–Kier alpha value is -2.04. The maximum atomic E-state index is 11.4. The fourth-order valence-corrected chi connectivity index (χ4v) is 3.44. The summed E-state index contributed by atoms with van der Waals surface area (Å²) >= 11 is 0. The number of fused-ring (bicyclic) bond motifs is 3. The van der Waals surface area contributed by atoms with Crippen molar-refractivity contribution in [3.63, 3.8) is 0 Å². The summed E-state index contributed by atoms with van der Waals surface area (Å²) in [6.45, 7) is 2.07. The Balaban J connectivity index is 1.62. The number of carbonyl (C=O) groups is 2. The van der Waals surface area contributed by atoms with Gasteiger partial charge in [0.05, 0.1) is 11.6 Å². The number of carbonyl (C=O) groups excluding carboxylic acids is 2. The van der Waals surface area contributed by atoms with E-state index >= 15 is 0 Å². The van der Waals surface area contributed by atoms with E-state index in [-0.39, 0.29) is 5.97 Å². The lowest BCUT2D eigenvalue weighted by molar-refractivity contribution is -0.119. The van der Waals surface area contributed by atoms with Crippen molar-refractivity contribution in [1.82, 2.24) is 4.90 Å². The van der Waals surface area contributed by atoms with Crippen LogP contribution in [0.5, 0.6) is 0 Å². The second kappa shape index (κ2) is 3.73. The molecule has 2 atom stereocenters. The molecule has 2 unspecified atom stereocenters. The SMILES string of the molecule is O=CN1CC2CC1CN2c1ccc2c(c1)COC2=O. The van der Waals surface area contributed by atoms with Crippen LogP contribution in [-0.4, -0.2) is 42.5 Å². The van der Waals surface area contributed by atoms with Crippen LogP contribution in [0.4, 0.5) is 5.69 Å². The lowest BCUT2D eigenvalue weighted by Crippen LogP contribution is -2.45. The quantitative estimate of drug-likeness (QED) is 0.581. The standard InChI is InChI=1S/C14H14N2O3/c17-8-15-5-12-4-11(15)6-16(12)10-1-2-13-9(3-10)7-19-14(13)18/h1-3,8,11-12H,4-7H2. The largest absolute Gasteiger partial charge is 0.457 e. The summed E-state index contributed by atoms with van der Waals surface area (Å²) in [4.78, 5) is 26.5. The van der Waals surface area contributed by atoms with Gasteiger partial charge in [0, 0.05) is 30.4 Å². The van der Waals surface area contributed by atoms with Gasteiger partial charge >= 0.3 is 5.97 Å². The molecule has 3 aliphatic heterocycles.